The highest BCUT2D eigenvalue weighted by Gasteiger charge is 2.40. The Hall–Kier alpha value is -1.35. The van der Waals surface area contributed by atoms with Crippen LogP contribution in [0.25, 0.3) is 0 Å². The highest BCUT2D eigenvalue weighted by Crippen LogP contribution is 2.49. The molecule has 3 unspecified atom stereocenters. The maximum Gasteiger partial charge on any atom is 0.243 e. The van der Waals surface area contributed by atoms with E-state index >= 15 is 0 Å². The Bertz CT molecular complexity index is 432. The van der Waals surface area contributed by atoms with E-state index in [4.69, 9.17) is 4.84 Å². The van der Waals surface area contributed by atoms with Crippen molar-refractivity contribution in [1.82, 2.24) is 5.48 Å². The lowest BCUT2D eigenvalue weighted by Crippen LogP contribution is -2.27. The quantitative estimate of drug-likeness (QED) is 0.825. The highest BCUT2D eigenvalue weighted by atomic mass is 16.6. The minimum atomic E-state index is 0.0356. The van der Waals surface area contributed by atoms with Crippen LogP contribution in [0.1, 0.15) is 37.7 Å². The molecule has 3 atom stereocenters. The molecule has 102 valence electrons. The van der Waals surface area contributed by atoms with Crippen LogP contribution < -0.4 is 5.48 Å². The van der Waals surface area contributed by atoms with E-state index in [-0.39, 0.29) is 5.91 Å². The average Bonchev–Trinajstić information content (AvgIpc) is 3.02. The van der Waals surface area contributed by atoms with E-state index in [1.807, 2.05) is 30.3 Å². The number of hydrogen-bond acceptors (Lipinski definition) is 2. The van der Waals surface area contributed by atoms with E-state index in [9.17, 15) is 4.79 Å². The van der Waals surface area contributed by atoms with Crippen molar-refractivity contribution in [2.24, 2.45) is 17.8 Å². The second-order valence-corrected chi connectivity index (χ2v) is 5.94. The number of carbonyl (C=O) groups excluding carboxylic acids is 1. The molecule has 2 bridgehead atoms. The second-order valence-electron chi connectivity index (χ2n) is 5.94. The Morgan fingerprint density at radius 1 is 1.21 bits per heavy atom. The van der Waals surface area contributed by atoms with Crippen molar-refractivity contribution in [3.05, 3.63) is 35.9 Å². The lowest BCUT2D eigenvalue weighted by molar-refractivity contribution is -0.135. The number of nitrogens with one attached hydrogen (secondary N) is 1. The first-order valence-corrected chi connectivity index (χ1v) is 7.26. The molecule has 3 nitrogen and oxygen atoms in total. The molecule has 1 aromatic rings. The number of carbonyl (C=O) groups is 1. The van der Waals surface area contributed by atoms with Crippen molar-refractivity contribution in [3.8, 4) is 0 Å². The Labute approximate surface area is 114 Å². The topological polar surface area (TPSA) is 38.3 Å². The molecule has 0 aromatic heterocycles. The van der Waals surface area contributed by atoms with Gasteiger partial charge in [0.15, 0.2) is 0 Å². The summed E-state index contributed by atoms with van der Waals surface area (Å²) in [6.45, 7) is 0.434. The fourth-order valence-corrected chi connectivity index (χ4v) is 3.68. The Balaban J connectivity index is 1.38. The molecule has 0 aliphatic heterocycles. The summed E-state index contributed by atoms with van der Waals surface area (Å²) in [4.78, 5) is 17.1. The minimum absolute atomic E-state index is 0.0356. The number of hydroxylamine groups is 1. The van der Waals surface area contributed by atoms with Crippen LogP contribution in [0.15, 0.2) is 30.3 Å². The van der Waals surface area contributed by atoms with Gasteiger partial charge in [-0.05, 0) is 42.6 Å². The fraction of sp³-hybridized carbons (Fsp3) is 0.562. The van der Waals surface area contributed by atoms with Crippen molar-refractivity contribution in [1.29, 1.82) is 0 Å². The normalized spacial score (nSPS) is 28.5. The van der Waals surface area contributed by atoms with E-state index in [1.165, 1.54) is 25.7 Å². The third-order valence-corrected chi connectivity index (χ3v) is 4.60. The first kappa shape index (κ1) is 12.7. The molecule has 2 aliphatic carbocycles. The molecular formula is C16H21NO2. The summed E-state index contributed by atoms with van der Waals surface area (Å²) in [5, 5.41) is 0. The molecule has 0 heterocycles. The lowest BCUT2D eigenvalue weighted by atomic mass is 9.86. The minimum Gasteiger partial charge on any atom is -0.273 e. The zero-order valence-electron chi connectivity index (χ0n) is 11.2. The number of amides is 1. The van der Waals surface area contributed by atoms with E-state index < -0.39 is 0 Å². The standard InChI is InChI=1S/C16H21NO2/c18-16(10-15-9-13-6-7-14(15)8-13)17-19-11-12-4-2-1-3-5-12/h1-5,13-15H,6-11H2,(H,17,18). The van der Waals surface area contributed by atoms with Gasteiger partial charge in [-0.3, -0.25) is 9.63 Å². The Morgan fingerprint density at radius 3 is 2.74 bits per heavy atom. The van der Waals surface area contributed by atoms with Crippen LogP contribution in [0.3, 0.4) is 0 Å². The van der Waals surface area contributed by atoms with Gasteiger partial charge in [-0.1, -0.05) is 36.8 Å². The maximum absolute atomic E-state index is 11.8. The van der Waals surface area contributed by atoms with E-state index in [0.29, 0.717) is 18.9 Å². The van der Waals surface area contributed by atoms with Gasteiger partial charge in [0.05, 0.1) is 6.61 Å². The lowest BCUT2D eigenvalue weighted by Gasteiger charge is -2.20. The summed E-state index contributed by atoms with van der Waals surface area (Å²) in [6.07, 6.45) is 5.94. The van der Waals surface area contributed by atoms with Crippen LogP contribution in [-0.2, 0) is 16.2 Å². The van der Waals surface area contributed by atoms with Crippen LogP contribution >= 0.6 is 0 Å². The molecule has 0 radical (unpaired) electrons. The molecule has 2 fully saturated rings. The van der Waals surface area contributed by atoms with Gasteiger partial charge in [0, 0.05) is 6.42 Å². The zero-order valence-corrected chi connectivity index (χ0v) is 11.2. The number of rotatable bonds is 5. The van der Waals surface area contributed by atoms with Gasteiger partial charge in [0.25, 0.3) is 0 Å². The Morgan fingerprint density at radius 2 is 2.05 bits per heavy atom. The molecule has 1 N–H and O–H groups in total. The fourth-order valence-electron chi connectivity index (χ4n) is 3.68. The third-order valence-electron chi connectivity index (χ3n) is 4.60. The Kier molecular flexibility index (Phi) is 3.83. The molecule has 1 amide bonds. The summed E-state index contributed by atoms with van der Waals surface area (Å²) in [6, 6.07) is 9.88. The van der Waals surface area contributed by atoms with Crippen molar-refractivity contribution in [2.75, 3.05) is 0 Å². The smallest absolute Gasteiger partial charge is 0.243 e. The second kappa shape index (κ2) is 5.74. The van der Waals surface area contributed by atoms with Gasteiger partial charge >= 0.3 is 0 Å². The molecule has 0 spiro atoms. The molecule has 1 aromatic carbocycles. The molecule has 3 rings (SSSR count). The maximum atomic E-state index is 11.8. The van der Waals surface area contributed by atoms with Crippen molar-refractivity contribution in [2.45, 2.75) is 38.7 Å². The van der Waals surface area contributed by atoms with Gasteiger partial charge < -0.3 is 0 Å². The van der Waals surface area contributed by atoms with Crippen molar-refractivity contribution < 1.29 is 9.63 Å². The molecule has 2 saturated carbocycles. The summed E-state index contributed by atoms with van der Waals surface area (Å²) in [5.41, 5.74) is 3.65. The number of benzene rings is 1. The molecule has 3 heteroatoms. The number of hydrogen-bond donors (Lipinski definition) is 1. The summed E-state index contributed by atoms with van der Waals surface area (Å²) >= 11 is 0. The predicted octanol–water partition coefficient (Wildman–Crippen LogP) is 3.06. The van der Waals surface area contributed by atoms with E-state index in [1.54, 1.807) is 0 Å². The van der Waals surface area contributed by atoms with Gasteiger partial charge in [-0.25, -0.2) is 5.48 Å². The van der Waals surface area contributed by atoms with Crippen LogP contribution in [0.2, 0.25) is 0 Å². The number of fused-ring (bicyclic) bond motifs is 2. The SMILES string of the molecule is O=C(CC1CC2CCC1C2)NOCc1ccccc1. The third kappa shape index (κ3) is 3.16. The van der Waals surface area contributed by atoms with Crippen LogP contribution in [0, 0.1) is 17.8 Å². The monoisotopic (exact) mass is 259 g/mol. The van der Waals surface area contributed by atoms with Crippen molar-refractivity contribution in [3.63, 3.8) is 0 Å². The van der Waals surface area contributed by atoms with Crippen LogP contribution in [-0.4, -0.2) is 5.91 Å². The summed E-state index contributed by atoms with van der Waals surface area (Å²) < 4.78 is 0. The van der Waals surface area contributed by atoms with Gasteiger partial charge in [-0.2, -0.15) is 0 Å². The highest BCUT2D eigenvalue weighted by molar-refractivity contribution is 5.75. The van der Waals surface area contributed by atoms with E-state index in [2.05, 4.69) is 5.48 Å². The molecule has 2 aliphatic rings. The largest absolute Gasteiger partial charge is 0.273 e. The predicted molar refractivity (Wildman–Crippen MR) is 72.9 cm³/mol. The first-order chi connectivity index (χ1) is 9.31. The van der Waals surface area contributed by atoms with Crippen LogP contribution in [0.5, 0.6) is 0 Å². The summed E-state index contributed by atoms with van der Waals surface area (Å²) in [7, 11) is 0. The van der Waals surface area contributed by atoms with Crippen LogP contribution in [0.4, 0.5) is 0 Å². The average molecular weight is 259 g/mol. The summed E-state index contributed by atoms with van der Waals surface area (Å²) in [5.74, 6) is 2.32. The van der Waals surface area contributed by atoms with Gasteiger partial charge in [0.1, 0.15) is 0 Å². The zero-order chi connectivity index (χ0) is 13.1. The molecule has 19 heavy (non-hydrogen) atoms. The van der Waals surface area contributed by atoms with Crippen molar-refractivity contribution >= 4 is 5.91 Å². The van der Waals surface area contributed by atoms with E-state index in [0.717, 1.165) is 17.4 Å². The first-order valence-electron chi connectivity index (χ1n) is 7.26. The molecule has 0 saturated heterocycles. The van der Waals surface area contributed by atoms with Gasteiger partial charge in [0.2, 0.25) is 5.91 Å². The van der Waals surface area contributed by atoms with Gasteiger partial charge in [-0.15, -0.1) is 0 Å². The molecular weight excluding hydrogens is 238 g/mol.